The van der Waals surface area contributed by atoms with Gasteiger partial charge in [0.2, 0.25) is 0 Å². The highest BCUT2D eigenvalue weighted by atomic mass is 32.1. The number of nitrogens with zero attached hydrogens (tertiary/aromatic N) is 2. The second-order valence-corrected chi connectivity index (χ2v) is 6.52. The first-order valence-corrected chi connectivity index (χ1v) is 8.61. The van der Waals surface area contributed by atoms with Crippen LogP contribution in [0.2, 0.25) is 0 Å². The number of para-hydroxylation sites is 1. The molecule has 1 fully saturated rings. The maximum Gasteiger partial charge on any atom is 0.173 e. The Morgan fingerprint density at radius 1 is 1.08 bits per heavy atom. The fraction of sp³-hybridized carbons (Fsp3) is 0.316. The van der Waals surface area contributed by atoms with E-state index in [1.807, 2.05) is 24.3 Å². The number of aryl methyl sites for hydroxylation is 1. The van der Waals surface area contributed by atoms with Crippen molar-refractivity contribution in [3.8, 4) is 0 Å². The molecular formula is C19H22FN3S. The van der Waals surface area contributed by atoms with E-state index < -0.39 is 0 Å². The van der Waals surface area contributed by atoms with Crippen molar-refractivity contribution in [3.05, 3.63) is 65.5 Å². The van der Waals surface area contributed by atoms with Gasteiger partial charge in [-0.05, 0) is 48.5 Å². The minimum absolute atomic E-state index is 0.172. The Bertz CT molecular complexity index is 711. The number of rotatable bonds is 3. The standard InChI is InChI=1S/C19H22FN3S/c1-15-5-2-3-8-18(15)21-19(24)23-11-9-22(10-12-23)14-16-6-4-7-17(20)13-16/h2-8,13H,9-12,14H2,1H3,(H,21,24). The first kappa shape index (κ1) is 16.9. The third-order valence-corrected chi connectivity index (χ3v) is 4.70. The number of halogens is 1. The van der Waals surface area contributed by atoms with E-state index in [1.165, 1.54) is 11.6 Å². The zero-order valence-electron chi connectivity index (χ0n) is 13.8. The lowest BCUT2D eigenvalue weighted by atomic mass is 10.2. The molecule has 0 aliphatic carbocycles. The van der Waals surface area contributed by atoms with Crippen LogP contribution in [0.3, 0.4) is 0 Å². The summed E-state index contributed by atoms with van der Waals surface area (Å²) in [7, 11) is 0. The van der Waals surface area contributed by atoms with Crippen molar-refractivity contribution in [2.24, 2.45) is 0 Å². The molecule has 1 N–H and O–H groups in total. The van der Waals surface area contributed by atoms with E-state index in [0.717, 1.165) is 49.1 Å². The summed E-state index contributed by atoms with van der Waals surface area (Å²) >= 11 is 5.55. The fourth-order valence-electron chi connectivity index (χ4n) is 2.91. The average molecular weight is 343 g/mol. The molecule has 5 heteroatoms. The van der Waals surface area contributed by atoms with Gasteiger partial charge < -0.3 is 10.2 Å². The van der Waals surface area contributed by atoms with Crippen LogP contribution in [0, 0.1) is 12.7 Å². The Balaban J connectivity index is 1.51. The van der Waals surface area contributed by atoms with E-state index in [0.29, 0.717) is 0 Å². The molecule has 24 heavy (non-hydrogen) atoms. The summed E-state index contributed by atoms with van der Waals surface area (Å²) in [6.45, 7) is 6.46. The molecule has 1 aliphatic rings. The van der Waals surface area contributed by atoms with Crippen molar-refractivity contribution in [2.75, 3.05) is 31.5 Å². The molecule has 0 aromatic heterocycles. The maximum atomic E-state index is 13.3. The third kappa shape index (κ3) is 4.30. The topological polar surface area (TPSA) is 18.5 Å². The highest BCUT2D eigenvalue weighted by Crippen LogP contribution is 2.15. The van der Waals surface area contributed by atoms with Crippen LogP contribution in [0.15, 0.2) is 48.5 Å². The average Bonchev–Trinajstić information content (AvgIpc) is 2.57. The highest BCUT2D eigenvalue weighted by Gasteiger charge is 2.19. The molecule has 2 aromatic carbocycles. The lowest BCUT2D eigenvalue weighted by Gasteiger charge is -2.36. The summed E-state index contributed by atoms with van der Waals surface area (Å²) in [5, 5.41) is 4.11. The van der Waals surface area contributed by atoms with E-state index in [1.54, 1.807) is 12.1 Å². The van der Waals surface area contributed by atoms with Crippen LogP contribution in [-0.2, 0) is 6.54 Å². The van der Waals surface area contributed by atoms with Crippen molar-refractivity contribution < 1.29 is 4.39 Å². The molecule has 0 radical (unpaired) electrons. The molecule has 0 saturated carbocycles. The van der Waals surface area contributed by atoms with Gasteiger partial charge in [0, 0.05) is 38.4 Å². The minimum atomic E-state index is -0.172. The molecule has 2 aromatic rings. The van der Waals surface area contributed by atoms with E-state index in [2.05, 4.69) is 28.1 Å². The van der Waals surface area contributed by atoms with Crippen LogP contribution in [-0.4, -0.2) is 41.1 Å². The molecule has 0 spiro atoms. The van der Waals surface area contributed by atoms with E-state index in [9.17, 15) is 4.39 Å². The lowest BCUT2D eigenvalue weighted by Crippen LogP contribution is -2.49. The van der Waals surface area contributed by atoms with E-state index in [4.69, 9.17) is 12.2 Å². The summed E-state index contributed by atoms with van der Waals surface area (Å²) in [4.78, 5) is 4.53. The van der Waals surface area contributed by atoms with E-state index >= 15 is 0 Å². The summed E-state index contributed by atoms with van der Waals surface area (Å²) in [6.07, 6.45) is 0. The van der Waals surface area contributed by atoms with Crippen molar-refractivity contribution >= 4 is 23.0 Å². The van der Waals surface area contributed by atoms with Crippen molar-refractivity contribution in [1.29, 1.82) is 0 Å². The van der Waals surface area contributed by atoms with Gasteiger partial charge in [-0.1, -0.05) is 30.3 Å². The Kier molecular flexibility index (Phi) is 5.43. The van der Waals surface area contributed by atoms with Crippen molar-refractivity contribution in [2.45, 2.75) is 13.5 Å². The smallest absolute Gasteiger partial charge is 0.173 e. The predicted octanol–water partition coefficient (Wildman–Crippen LogP) is 3.65. The van der Waals surface area contributed by atoms with Crippen LogP contribution in [0.1, 0.15) is 11.1 Å². The van der Waals surface area contributed by atoms with Gasteiger partial charge in [0.05, 0.1) is 0 Å². The summed E-state index contributed by atoms with van der Waals surface area (Å²) < 4.78 is 13.3. The minimum Gasteiger partial charge on any atom is -0.346 e. The second-order valence-electron chi connectivity index (χ2n) is 6.14. The molecule has 1 saturated heterocycles. The van der Waals surface area contributed by atoms with Crippen LogP contribution in [0.25, 0.3) is 0 Å². The van der Waals surface area contributed by atoms with Crippen molar-refractivity contribution in [3.63, 3.8) is 0 Å². The quantitative estimate of drug-likeness (QED) is 0.857. The molecule has 0 unspecified atom stereocenters. The Labute approximate surface area is 148 Å². The summed E-state index contributed by atoms with van der Waals surface area (Å²) in [6, 6.07) is 15.0. The number of anilines is 1. The number of hydrogen-bond acceptors (Lipinski definition) is 2. The molecule has 1 heterocycles. The molecule has 126 valence electrons. The van der Waals surface area contributed by atoms with Crippen LogP contribution >= 0.6 is 12.2 Å². The number of thiocarbonyl (C=S) groups is 1. The normalized spacial score (nSPS) is 15.3. The zero-order chi connectivity index (χ0) is 16.9. The Morgan fingerprint density at radius 2 is 1.83 bits per heavy atom. The molecule has 0 atom stereocenters. The van der Waals surface area contributed by atoms with Crippen molar-refractivity contribution in [1.82, 2.24) is 9.80 Å². The van der Waals surface area contributed by atoms with Gasteiger partial charge in [-0.25, -0.2) is 4.39 Å². The van der Waals surface area contributed by atoms with Gasteiger partial charge in [0.1, 0.15) is 5.82 Å². The number of piperazine rings is 1. The number of hydrogen-bond donors (Lipinski definition) is 1. The first-order chi connectivity index (χ1) is 11.6. The monoisotopic (exact) mass is 343 g/mol. The summed E-state index contributed by atoms with van der Waals surface area (Å²) in [5.74, 6) is -0.172. The van der Waals surface area contributed by atoms with Gasteiger partial charge >= 0.3 is 0 Å². The first-order valence-electron chi connectivity index (χ1n) is 8.20. The number of benzene rings is 2. The largest absolute Gasteiger partial charge is 0.346 e. The highest BCUT2D eigenvalue weighted by molar-refractivity contribution is 7.80. The zero-order valence-corrected chi connectivity index (χ0v) is 14.7. The Morgan fingerprint density at radius 3 is 2.54 bits per heavy atom. The molecule has 0 bridgehead atoms. The Hall–Kier alpha value is -1.98. The molecular weight excluding hydrogens is 321 g/mol. The SMILES string of the molecule is Cc1ccccc1NC(=S)N1CCN(Cc2cccc(F)c2)CC1. The molecule has 1 aliphatic heterocycles. The van der Waals surface area contributed by atoms with Crippen LogP contribution in [0.5, 0.6) is 0 Å². The third-order valence-electron chi connectivity index (χ3n) is 4.34. The van der Waals surface area contributed by atoms with Gasteiger partial charge in [0.25, 0.3) is 0 Å². The van der Waals surface area contributed by atoms with Gasteiger partial charge in [-0.3, -0.25) is 4.90 Å². The summed E-state index contributed by atoms with van der Waals surface area (Å²) in [5.41, 5.74) is 3.26. The van der Waals surface area contributed by atoms with Crippen LogP contribution in [0.4, 0.5) is 10.1 Å². The fourth-order valence-corrected chi connectivity index (χ4v) is 3.20. The predicted molar refractivity (Wildman–Crippen MR) is 101 cm³/mol. The van der Waals surface area contributed by atoms with Gasteiger partial charge in [-0.15, -0.1) is 0 Å². The van der Waals surface area contributed by atoms with Gasteiger partial charge in [0.15, 0.2) is 5.11 Å². The lowest BCUT2D eigenvalue weighted by molar-refractivity contribution is 0.177. The molecule has 3 nitrogen and oxygen atoms in total. The van der Waals surface area contributed by atoms with E-state index in [-0.39, 0.29) is 5.82 Å². The molecule has 3 rings (SSSR count). The second kappa shape index (κ2) is 7.73. The van der Waals surface area contributed by atoms with Crippen LogP contribution < -0.4 is 5.32 Å². The van der Waals surface area contributed by atoms with Gasteiger partial charge in [-0.2, -0.15) is 0 Å². The number of nitrogens with one attached hydrogen (secondary N) is 1. The maximum absolute atomic E-state index is 13.3. The molecule has 0 amide bonds.